The SMILES string of the molecule is Cc1cccc(CS(=O)(=O)c2ccc(N)c(Cl)c2)c1. The molecule has 0 fully saturated rings. The van der Waals surface area contributed by atoms with Crippen molar-refractivity contribution in [3.63, 3.8) is 0 Å². The summed E-state index contributed by atoms with van der Waals surface area (Å²) in [4.78, 5) is 0.188. The second kappa shape index (κ2) is 5.23. The number of benzene rings is 2. The first kappa shape index (κ1) is 13.9. The number of rotatable bonds is 3. The van der Waals surface area contributed by atoms with Crippen LogP contribution >= 0.6 is 11.6 Å². The molecule has 0 aromatic heterocycles. The molecule has 0 unspecified atom stereocenters. The Labute approximate surface area is 117 Å². The number of halogens is 1. The number of nitrogens with two attached hydrogens (primary N) is 1. The molecule has 5 heteroatoms. The van der Waals surface area contributed by atoms with Crippen LogP contribution in [0.4, 0.5) is 5.69 Å². The van der Waals surface area contributed by atoms with Crippen molar-refractivity contribution in [2.24, 2.45) is 0 Å². The molecule has 0 spiro atoms. The second-order valence-electron chi connectivity index (χ2n) is 4.43. The minimum Gasteiger partial charge on any atom is -0.398 e. The van der Waals surface area contributed by atoms with Crippen molar-refractivity contribution in [2.45, 2.75) is 17.6 Å². The van der Waals surface area contributed by atoms with Gasteiger partial charge in [-0.1, -0.05) is 41.4 Å². The van der Waals surface area contributed by atoms with Gasteiger partial charge >= 0.3 is 0 Å². The van der Waals surface area contributed by atoms with E-state index in [0.717, 1.165) is 11.1 Å². The molecular weight excluding hydrogens is 282 g/mol. The quantitative estimate of drug-likeness (QED) is 0.885. The highest BCUT2D eigenvalue weighted by molar-refractivity contribution is 7.90. The van der Waals surface area contributed by atoms with E-state index in [4.69, 9.17) is 17.3 Å². The molecule has 2 rings (SSSR count). The molecule has 0 bridgehead atoms. The van der Waals surface area contributed by atoms with Gasteiger partial charge in [-0.15, -0.1) is 0 Å². The molecule has 0 aliphatic rings. The molecule has 2 N–H and O–H groups in total. The second-order valence-corrected chi connectivity index (χ2v) is 6.83. The number of hydrogen-bond acceptors (Lipinski definition) is 3. The van der Waals surface area contributed by atoms with E-state index in [1.165, 1.54) is 18.2 Å². The van der Waals surface area contributed by atoms with Gasteiger partial charge in [0.15, 0.2) is 9.84 Å². The summed E-state index contributed by atoms with van der Waals surface area (Å²) in [5.74, 6) is -0.0467. The molecule has 2 aromatic carbocycles. The summed E-state index contributed by atoms with van der Waals surface area (Å²) < 4.78 is 24.6. The summed E-state index contributed by atoms with van der Waals surface area (Å²) in [6, 6.07) is 11.8. The van der Waals surface area contributed by atoms with Gasteiger partial charge in [0.2, 0.25) is 0 Å². The maximum absolute atomic E-state index is 12.3. The van der Waals surface area contributed by atoms with Gasteiger partial charge in [0.25, 0.3) is 0 Å². The van der Waals surface area contributed by atoms with Crippen LogP contribution in [0.25, 0.3) is 0 Å². The fraction of sp³-hybridized carbons (Fsp3) is 0.143. The standard InChI is InChI=1S/C14H14ClNO2S/c1-10-3-2-4-11(7-10)9-19(17,18)12-5-6-14(16)13(15)8-12/h2-8H,9,16H2,1H3. The van der Waals surface area contributed by atoms with Crippen molar-refractivity contribution in [3.8, 4) is 0 Å². The van der Waals surface area contributed by atoms with Crippen LogP contribution in [0.5, 0.6) is 0 Å². The molecule has 0 radical (unpaired) electrons. The Bertz CT molecular complexity index is 711. The average Bonchev–Trinajstić information content (AvgIpc) is 2.32. The largest absolute Gasteiger partial charge is 0.398 e. The fourth-order valence-electron chi connectivity index (χ4n) is 1.81. The van der Waals surface area contributed by atoms with Gasteiger partial charge in [0.1, 0.15) is 0 Å². The highest BCUT2D eigenvalue weighted by Gasteiger charge is 2.16. The van der Waals surface area contributed by atoms with Crippen molar-refractivity contribution >= 4 is 27.1 Å². The lowest BCUT2D eigenvalue weighted by Gasteiger charge is -2.07. The first-order chi connectivity index (χ1) is 8.88. The summed E-state index contributed by atoms with van der Waals surface area (Å²) in [5.41, 5.74) is 7.74. The third kappa shape index (κ3) is 3.28. The minimum absolute atomic E-state index is 0.0467. The molecule has 2 aromatic rings. The van der Waals surface area contributed by atoms with Gasteiger partial charge in [0, 0.05) is 0 Å². The minimum atomic E-state index is -3.41. The van der Waals surface area contributed by atoms with Gasteiger partial charge in [-0.05, 0) is 30.7 Å². The third-order valence-corrected chi connectivity index (χ3v) is 4.78. The van der Waals surface area contributed by atoms with E-state index in [1.807, 2.05) is 25.1 Å². The van der Waals surface area contributed by atoms with Crippen LogP contribution in [-0.4, -0.2) is 8.42 Å². The van der Waals surface area contributed by atoms with E-state index in [2.05, 4.69) is 0 Å². The van der Waals surface area contributed by atoms with E-state index in [1.54, 1.807) is 6.07 Å². The zero-order valence-corrected chi connectivity index (χ0v) is 12.0. The Morgan fingerprint density at radius 1 is 1.16 bits per heavy atom. The number of sulfone groups is 1. The maximum Gasteiger partial charge on any atom is 0.182 e. The number of aryl methyl sites for hydroxylation is 1. The van der Waals surface area contributed by atoms with Gasteiger partial charge in [-0.3, -0.25) is 0 Å². The lowest BCUT2D eigenvalue weighted by Crippen LogP contribution is -2.05. The van der Waals surface area contributed by atoms with Crippen molar-refractivity contribution < 1.29 is 8.42 Å². The van der Waals surface area contributed by atoms with Gasteiger partial charge < -0.3 is 5.73 Å². The summed E-state index contributed by atoms with van der Waals surface area (Å²) in [6.45, 7) is 1.93. The zero-order valence-electron chi connectivity index (χ0n) is 10.4. The first-order valence-electron chi connectivity index (χ1n) is 5.72. The number of anilines is 1. The Balaban J connectivity index is 2.35. The van der Waals surface area contributed by atoms with Gasteiger partial charge in [-0.25, -0.2) is 8.42 Å². The molecule has 100 valence electrons. The fourth-order valence-corrected chi connectivity index (χ4v) is 3.41. The summed E-state index contributed by atoms with van der Waals surface area (Å²) >= 11 is 5.86. The van der Waals surface area contributed by atoms with Gasteiger partial charge in [0.05, 0.1) is 21.4 Å². The molecule has 0 saturated carbocycles. The van der Waals surface area contributed by atoms with Crippen LogP contribution in [0.15, 0.2) is 47.4 Å². The normalized spacial score (nSPS) is 11.5. The number of hydrogen-bond donors (Lipinski definition) is 1. The molecule has 0 saturated heterocycles. The molecule has 3 nitrogen and oxygen atoms in total. The van der Waals surface area contributed by atoms with Crippen LogP contribution in [0.1, 0.15) is 11.1 Å². The van der Waals surface area contributed by atoms with E-state index in [0.29, 0.717) is 5.69 Å². The van der Waals surface area contributed by atoms with Crippen LogP contribution in [0.3, 0.4) is 0 Å². The molecule has 0 amide bonds. The Morgan fingerprint density at radius 2 is 1.89 bits per heavy atom. The molecule has 0 heterocycles. The smallest absolute Gasteiger partial charge is 0.182 e. The zero-order chi connectivity index (χ0) is 14.0. The topological polar surface area (TPSA) is 60.2 Å². The van der Waals surface area contributed by atoms with Gasteiger partial charge in [-0.2, -0.15) is 0 Å². The predicted molar refractivity (Wildman–Crippen MR) is 77.9 cm³/mol. The summed E-state index contributed by atoms with van der Waals surface area (Å²) in [7, 11) is -3.41. The monoisotopic (exact) mass is 295 g/mol. The summed E-state index contributed by atoms with van der Waals surface area (Å²) in [6.07, 6.45) is 0. The number of nitrogen functional groups attached to an aromatic ring is 1. The average molecular weight is 296 g/mol. The Morgan fingerprint density at radius 3 is 2.53 bits per heavy atom. The molecule has 0 aliphatic carbocycles. The van der Waals surface area contributed by atoms with Crippen molar-refractivity contribution in [1.82, 2.24) is 0 Å². The molecule has 19 heavy (non-hydrogen) atoms. The maximum atomic E-state index is 12.3. The van der Waals surface area contributed by atoms with E-state index >= 15 is 0 Å². The van der Waals surface area contributed by atoms with E-state index in [9.17, 15) is 8.42 Å². The third-order valence-electron chi connectivity index (χ3n) is 2.77. The van der Waals surface area contributed by atoms with E-state index in [-0.39, 0.29) is 15.7 Å². The van der Waals surface area contributed by atoms with E-state index < -0.39 is 9.84 Å². The highest BCUT2D eigenvalue weighted by atomic mass is 35.5. The lowest BCUT2D eigenvalue weighted by atomic mass is 10.2. The Kier molecular flexibility index (Phi) is 3.83. The van der Waals surface area contributed by atoms with Crippen molar-refractivity contribution in [2.75, 3.05) is 5.73 Å². The predicted octanol–water partition coefficient (Wildman–Crippen LogP) is 3.20. The molecule has 0 aliphatic heterocycles. The van der Waals surface area contributed by atoms with Crippen molar-refractivity contribution in [1.29, 1.82) is 0 Å². The van der Waals surface area contributed by atoms with Crippen LogP contribution in [0.2, 0.25) is 5.02 Å². The van der Waals surface area contributed by atoms with Crippen molar-refractivity contribution in [3.05, 3.63) is 58.6 Å². The highest BCUT2D eigenvalue weighted by Crippen LogP contribution is 2.24. The Hall–Kier alpha value is -1.52. The molecule has 0 atom stereocenters. The lowest BCUT2D eigenvalue weighted by molar-refractivity contribution is 0.595. The summed E-state index contributed by atoms with van der Waals surface area (Å²) in [5, 5.41) is 0.255. The van der Waals surface area contributed by atoms with Crippen LogP contribution < -0.4 is 5.73 Å². The first-order valence-corrected chi connectivity index (χ1v) is 7.75. The van der Waals surface area contributed by atoms with Crippen LogP contribution in [0, 0.1) is 6.92 Å². The van der Waals surface area contributed by atoms with Crippen LogP contribution in [-0.2, 0) is 15.6 Å². The molecular formula is C14H14ClNO2S.